The van der Waals surface area contributed by atoms with Gasteiger partial charge in [0.1, 0.15) is 5.01 Å². The van der Waals surface area contributed by atoms with Crippen molar-refractivity contribution < 1.29 is 4.79 Å². The molecular weight excluding hydrogens is 344 g/mol. The van der Waals surface area contributed by atoms with E-state index in [-0.39, 0.29) is 11.9 Å². The van der Waals surface area contributed by atoms with Crippen LogP contribution in [0.15, 0.2) is 66.4 Å². The van der Waals surface area contributed by atoms with E-state index in [1.165, 1.54) is 11.3 Å². The topological polar surface area (TPSA) is 67.8 Å². The van der Waals surface area contributed by atoms with Gasteiger partial charge in [0.15, 0.2) is 0 Å². The first-order valence-electron chi connectivity index (χ1n) is 8.23. The summed E-state index contributed by atoms with van der Waals surface area (Å²) < 4.78 is 0. The number of thiazole rings is 1. The molecule has 4 aromatic rings. The van der Waals surface area contributed by atoms with Gasteiger partial charge in [-0.3, -0.25) is 9.78 Å². The molecule has 0 spiro atoms. The minimum atomic E-state index is -0.154. The highest BCUT2D eigenvalue weighted by molar-refractivity contribution is 7.09. The summed E-state index contributed by atoms with van der Waals surface area (Å²) >= 11 is 1.53. The first kappa shape index (κ1) is 16.4. The Kier molecular flexibility index (Phi) is 4.41. The van der Waals surface area contributed by atoms with E-state index in [0.717, 1.165) is 27.2 Å². The Labute approximate surface area is 154 Å². The van der Waals surface area contributed by atoms with E-state index in [2.05, 4.69) is 15.3 Å². The fraction of sp³-hybridized carbons (Fsp3) is 0.100. The van der Waals surface area contributed by atoms with Gasteiger partial charge in [0, 0.05) is 34.9 Å². The van der Waals surface area contributed by atoms with Crippen LogP contribution in [0.2, 0.25) is 0 Å². The number of nitrogens with one attached hydrogen (secondary N) is 1. The Morgan fingerprint density at radius 3 is 2.69 bits per heavy atom. The Balaban J connectivity index is 1.76. The Bertz CT molecular complexity index is 1050. The molecule has 0 saturated heterocycles. The third-order valence-electron chi connectivity index (χ3n) is 4.11. The van der Waals surface area contributed by atoms with Crippen molar-refractivity contribution in [3.05, 3.63) is 77.0 Å². The highest BCUT2D eigenvalue weighted by atomic mass is 32.1. The molecule has 0 aliphatic heterocycles. The highest BCUT2D eigenvalue weighted by Crippen LogP contribution is 2.25. The minimum Gasteiger partial charge on any atom is -0.343 e. The second kappa shape index (κ2) is 7.01. The monoisotopic (exact) mass is 360 g/mol. The molecule has 1 N–H and O–H groups in total. The lowest BCUT2D eigenvalue weighted by Gasteiger charge is -2.14. The quantitative estimate of drug-likeness (QED) is 0.591. The molecular formula is C20H16N4OS. The second-order valence-corrected chi connectivity index (χ2v) is 6.80. The van der Waals surface area contributed by atoms with Crippen molar-refractivity contribution in [2.45, 2.75) is 13.0 Å². The number of carbonyl (C=O) groups excluding carboxylic acids is 1. The number of nitrogens with zero attached hydrogens (tertiary/aromatic N) is 3. The van der Waals surface area contributed by atoms with E-state index in [4.69, 9.17) is 4.98 Å². The van der Waals surface area contributed by atoms with Crippen LogP contribution in [0.5, 0.6) is 0 Å². The van der Waals surface area contributed by atoms with Gasteiger partial charge >= 0.3 is 0 Å². The maximum absolute atomic E-state index is 13.0. The van der Waals surface area contributed by atoms with Gasteiger partial charge in [-0.2, -0.15) is 0 Å². The number of carbonyl (C=O) groups is 1. The second-order valence-electron chi connectivity index (χ2n) is 5.87. The summed E-state index contributed by atoms with van der Waals surface area (Å²) in [6.45, 7) is 1.93. The zero-order valence-corrected chi connectivity index (χ0v) is 14.9. The molecule has 128 valence electrons. The number of pyridine rings is 2. The van der Waals surface area contributed by atoms with Crippen LogP contribution in [-0.4, -0.2) is 20.9 Å². The maximum atomic E-state index is 13.0. The number of amides is 1. The number of hydrogen-bond donors (Lipinski definition) is 1. The van der Waals surface area contributed by atoms with Gasteiger partial charge in [0.2, 0.25) is 0 Å². The molecule has 26 heavy (non-hydrogen) atoms. The van der Waals surface area contributed by atoms with Crippen LogP contribution in [0, 0.1) is 0 Å². The van der Waals surface area contributed by atoms with E-state index >= 15 is 0 Å². The van der Waals surface area contributed by atoms with Crippen LogP contribution >= 0.6 is 11.3 Å². The average molecular weight is 360 g/mol. The standard InChI is InChI=1S/C20H16N4OS/c1-13(20-22-10-11-26-20)23-19(25)16-12-18(14-6-8-21-9-7-14)24-17-5-3-2-4-15(16)17/h2-13H,1H3,(H,23,25)/t13-/m1/s1. The normalized spacial score (nSPS) is 12.0. The summed E-state index contributed by atoms with van der Waals surface area (Å²) in [5.41, 5.74) is 3.06. The van der Waals surface area contributed by atoms with Crippen LogP contribution < -0.4 is 5.32 Å². The molecule has 5 nitrogen and oxygen atoms in total. The molecule has 1 atom stereocenters. The molecule has 3 aromatic heterocycles. The molecule has 0 aliphatic rings. The molecule has 0 unspecified atom stereocenters. The zero-order valence-electron chi connectivity index (χ0n) is 14.1. The number of benzene rings is 1. The highest BCUT2D eigenvalue weighted by Gasteiger charge is 2.17. The summed E-state index contributed by atoms with van der Waals surface area (Å²) in [7, 11) is 0. The molecule has 1 aromatic carbocycles. The van der Waals surface area contributed by atoms with Crippen molar-refractivity contribution >= 4 is 28.1 Å². The number of rotatable bonds is 4. The Morgan fingerprint density at radius 2 is 1.92 bits per heavy atom. The van der Waals surface area contributed by atoms with Crippen LogP contribution in [0.3, 0.4) is 0 Å². The molecule has 4 rings (SSSR count). The lowest BCUT2D eigenvalue weighted by molar-refractivity contribution is 0.0941. The van der Waals surface area contributed by atoms with Crippen molar-refractivity contribution in [3.63, 3.8) is 0 Å². The lowest BCUT2D eigenvalue weighted by Crippen LogP contribution is -2.26. The van der Waals surface area contributed by atoms with Gasteiger partial charge in [0.25, 0.3) is 5.91 Å². The Hall–Kier alpha value is -3.12. The fourth-order valence-corrected chi connectivity index (χ4v) is 3.46. The van der Waals surface area contributed by atoms with E-state index in [1.54, 1.807) is 18.6 Å². The molecule has 0 fully saturated rings. The summed E-state index contributed by atoms with van der Waals surface area (Å²) in [6, 6.07) is 13.1. The number of aromatic nitrogens is 3. The molecule has 1 amide bonds. The van der Waals surface area contributed by atoms with E-state index in [1.807, 2.05) is 54.8 Å². The van der Waals surface area contributed by atoms with Crippen molar-refractivity contribution in [1.29, 1.82) is 0 Å². The van der Waals surface area contributed by atoms with Crippen molar-refractivity contribution in [1.82, 2.24) is 20.3 Å². The first-order chi connectivity index (χ1) is 12.7. The van der Waals surface area contributed by atoms with Crippen molar-refractivity contribution in [2.75, 3.05) is 0 Å². The van der Waals surface area contributed by atoms with Crippen LogP contribution in [0.1, 0.15) is 28.3 Å². The van der Waals surface area contributed by atoms with E-state index in [9.17, 15) is 4.79 Å². The molecule has 0 saturated carbocycles. The van der Waals surface area contributed by atoms with Crippen LogP contribution in [0.25, 0.3) is 22.2 Å². The van der Waals surface area contributed by atoms with Gasteiger partial charge in [0.05, 0.1) is 22.8 Å². The first-order valence-corrected chi connectivity index (χ1v) is 9.11. The van der Waals surface area contributed by atoms with Gasteiger partial charge in [-0.1, -0.05) is 18.2 Å². The summed E-state index contributed by atoms with van der Waals surface area (Å²) in [6.07, 6.45) is 5.18. The van der Waals surface area contributed by atoms with Gasteiger partial charge in [-0.15, -0.1) is 11.3 Å². The average Bonchev–Trinajstić information content (AvgIpc) is 3.23. The zero-order chi connectivity index (χ0) is 17.9. The Morgan fingerprint density at radius 1 is 1.12 bits per heavy atom. The van der Waals surface area contributed by atoms with Crippen molar-refractivity contribution in [2.24, 2.45) is 0 Å². The third-order valence-corrected chi connectivity index (χ3v) is 5.06. The fourth-order valence-electron chi connectivity index (χ4n) is 2.82. The van der Waals surface area contributed by atoms with Gasteiger partial charge in [-0.05, 0) is 31.2 Å². The molecule has 0 bridgehead atoms. The van der Waals surface area contributed by atoms with Crippen LogP contribution in [-0.2, 0) is 0 Å². The van der Waals surface area contributed by atoms with Crippen molar-refractivity contribution in [3.8, 4) is 11.3 Å². The largest absolute Gasteiger partial charge is 0.343 e. The van der Waals surface area contributed by atoms with Crippen LogP contribution in [0.4, 0.5) is 0 Å². The smallest absolute Gasteiger partial charge is 0.252 e. The summed E-state index contributed by atoms with van der Waals surface area (Å²) in [5, 5.41) is 6.65. The number of fused-ring (bicyclic) bond motifs is 1. The van der Waals surface area contributed by atoms with E-state index < -0.39 is 0 Å². The van der Waals surface area contributed by atoms with Gasteiger partial charge < -0.3 is 5.32 Å². The lowest BCUT2D eigenvalue weighted by atomic mass is 10.0. The third kappa shape index (κ3) is 3.19. The predicted octanol–water partition coefficient (Wildman–Crippen LogP) is 4.24. The molecule has 6 heteroatoms. The predicted molar refractivity (Wildman–Crippen MR) is 103 cm³/mol. The molecule has 3 heterocycles. The molecule has 0 radical (unpaired) electrons. The summed E-state index contributed by atoms with van der Waals surface area (Å²) in [4.78, 5) is 26.0. The summed E-state index contributed by atoms with van der Waals surface area (Å²) in [5.74, 6) is -0.137. The van der Waals surface area contributed by atoms with Gasteiger partial charge in [-0.25, -0.2) is 9.97 Å². The maximum Gasteiger partial charge on any atom is 0.252 e. The number of para-hydroxylation sites is 1. The number of hydrogen-bond acceptors (Lipinski definition) is 5. The SMILES string of the molecule is C[C@@H](NC(=O)c1cc(-c2ccncc2)nc2ccccc12)c1nccs1. The van der Waals surface area contributed by atoms with E-state index in [0.29, 0.717) is 5.56 Å². The molecule has 0 aliphatic carbocycles. The minimum absolute atomic E-state index is 0.137.